The van der Waals surface area contributed by atoms with Crippen molar-refractivity contribution in [3.63, 3.8) is 0 Å². The van der Waals surface area contributed by atoms with Gasteiger partial charge in [-0.15, -0.1) is 0 Å². The molecule has 2 heterocycles. The SMILES string of the molecule is Cc1cccnc1CNC1CCN(CCc2ccccc2)CC1. The maximum absolute atomic E-state index is 4.47. The molecule has 23 heavy (non-hydrogen) atoms. The third-order valence-corrected chi connectivity index (χ3v) is 4.82. The fourth-order valence-corrected chi connectivity index (χ4v) is 3.24. The van der Waals surface area contributed by atoms with Gasteiger partial charge >= 0.3 is 0 Å². The molecule has 0 atom stereocenters. The molecule has 2 aromatic rings. The molecule has 0 saturated carbocycles. The fourth-order valence-electron chi connectivity index (χ4n) is 3.24. The molecule has 3 nitrogen and oxygen atoms in total. The number of hydrogen-bond acceptors (Lipinski definition) is 3. The van der Waals surface area contributed by atoms with Crippen LogP contribution in [0.4, 0.5) is 0 Å². The molecule has 3 rings (SSSR count). The standard InChI is InChI=1S/C20H27N3/c1-17-6-5-12-21-20(17)16-22-19-10-14-23(15-11-19)13-9-18-7-3-2-4-8-18/h2-8,12,19,22H,9-11,13-16H2,1H3. The number of pyridine rings is 1. The number of piperidine rings is 1. The van der Waals surface area contributed by atoms with Gasteiger partial charge in [-0.25, -0.2) is 0 Å². The van der Waals surface area contributed by atoms with Gasteiger partial charge in [-0.2, -0.15) is 0 Å². The van der Waals surface area contributed by atoms with Crippen LogP contribution in [0.25, 0.3) is 0 Å². The van der Waals surface area contributed by atoms with Crippen molar-refractivity contribution in [1.82, 2.24) is 15.2 Å². The lowest BCUT2D eigenvalue weighted by Gasteiger charge is -2.32. The van der Waals surface area contributed by atoms with Crippen molar-refractivity contribution < 1.29 is 0 Å². The van der Waals surface area contributed by atoms with Gasteiger partial charge in [-0.1, -0.05) is 36.4 Å². The van der Waals surface area contributed by atoms with Gasteiger partial charge in [0.1, 0.15) is 0 Å². The Morgan fingerprint density at radius 3 is 2.61 bits per heavy atom. The summed E-state index contributed by atoms with van der Waals surface area (Å²) in [4.78, 5) is 7.06. The number of likely N-dealkylation sites (tertiary alicyclic amines) is 1. The maximum atomic E-state index is 4.47. The molecular formula is C20H27N3. The highest BCUT2D eigenvalue weighted by Gasteiger charge is 2.18. The predicted molar refractivity (Wildman–Crippen MR) is 95.4 cm³/mol. The molecular weight excluding hydrogens is 282 g/mol. The van der Waals surface area contributed by atoms with E-state index in [9.17, 15) is 0 Å². The smallest absolute Gasteiger partial charge is 0.0570 e. The van der Waals surface area contributed by atoms with Crippen LogP contribution in [0.5, 0.6) is 0 Å². The van der Waals surface area contributed by atoms with Crippen molar-refractivity contribution in [3.8, 4) is 0 Å². The molecule has 1 saturated heterocycles. The van der Waals surface area contributed by atoms with E-state index in [1.54, 1.807) is 0 Å². The largest absolute Gasteiger partial charge is 0.308 e. The molecule has 0 radical (unpaired) electrons. The topological polar surface area (TPSA) is 28.2 Å². The van der Waals surface area contributed by atoms with E-state index in [2.05, 4.69) is 58.5 Å². The van der Waals surface area contributed by atoms with Gasteiger partial charge in [-0.05, 0) is 56.5 Å². The molecule has 0 unspecified atom stereocenters. The van der Waals surface area contributed by atoms with E-state index >= 15 is 0 Å². The van der Waals surface area contributed by atoms with Crippen LogP contribution in [0.2, 0.25) is 0 Å². The molecule has 1 aromatic heterocycles. The average Bonchev–Trinajstić information content (AvgIpc) is 2.61. The molecule has 1 N–H and O–H groups in total. The van der Waals surface area contributed by atoms with Crippen LogP contribution in [-0.2, 0) is 13.0 Å². The Bertz CT molecular complexity index is 589. The summed E-state index contributed by atoms with van der Waals surface area (Å²) in [5.74, 6) is 0. The van der Waals surface area contributed by atoms with E-state index in [4.69, 9.17) is 0 Å². The number of benzene rings is 1. The summed E-state index contributed by atoms with van der Waals surface area (Å²) >= 11 is 0. The van der Waals surface area contributed by atoms with Crippen molar-refractivity contribution in [2.75, 3.05) is 19.6 Å². The minimum Gasteiger partial charge on any atom is -0.308 e. The number of aryl methyl sites for hydroxylation is 1. The first-order valence-corrected chi connectivity index (χ1v) is 8.71. The van der Waals surface area contributed by atoms with Gasteiger partial charge in [0, 0.05) is 25.3 Å². The summed E-state index contributed by atoms with van der Waals surface area (Å²) in [5.41, 5.74) is 3.90. The number of nitrogens with one attached hydrogen (secondary N) is 1. The third-order valence-electron chi connectivity index (χ3n) is 4.82. The zero-order valence-corrected chi connectivity index (χ0v) is 14.0. The Kier molecular flexibility index (Phi) is 5.78. The normalized spacial score (nSPS) is 16.6. The fraction of sp³-hybridized carbons (Fsp3) is 0.450. The first kappa shape index (κ1) is 16.2. The predicted octanol–water partition coefficient (Wildman–Crippen LogP) is 3.19. The molecule has 0 bridgehead atoms. The summed E-state index contributed by atoms with van der Waals surface area (Å²) in [6.45, 7) is 6.60. The minimum absolute atomic E-state index is 0.629. The second-order valence-corrected chi connectivity index (χ2v) is 6.50. The van der Waals surface area contributed by atoms with E-state index in [1.807, 2.05) is 12.3 Å². The third kappa shape index (κ3) is 4.88. The summed E-state index contributed by atoms with van der Waals surface area (Å²) in [5, 5.41) is 3.68. The van der Waals surface area contributed by atoms with Gasteiger partial charge in [0.05, 0.1) is 5.69 Å². The number of hydrogen-bond donors (Lipinski definition) is 1. The van der Waals surface area contributed by atoms with Gasteiger partial charge in [0.25, 0.3) is 0 Å². The lowest BCUT2D eigenvalue weighted by molar-refractivity contribution is 0.199. The monoisotopic (exact) mass is 309 g/mol. The Labute approximate surface area is 139 Å². The number of nitrogens with zero attached hydrogens (tertiary/aromatic N) is 2. The van der Waals surface area contributed by atoms with E-state index in [1.165, 1.54) is 49.3 Å². The van der Waals surface area contributed by atoms with Crippen LogP contribution in [0.1, 0.15) is 29.7 Å². The van der Waals surface area contributed by atoms with Gasteiger partial charge in [0.15, 0.2) is 0 Å². The van der Waals surface area contributed by atoms with Crippen LogP contribution in [-0.4, -0.2) is 35.6 Å². The van der Waals surface area contributed by atoms with Crippen molar-refractivity contribution in [2.45, 2.75) is 38.8 Å². The Morgan fingerprint density at radius 1 is 1.09 bits per heavy atom. The zero-order chi connectivity index (χ0) is 15.9. The van der Waals surface area contributed by atoms with Crippen molar-refractivity contribution in [2.24, 2.45) is 0 Å². The van der Waals surface area contributed by atoms with Gasteiger partial charge in [0.2, 0.25) is 0 Å². The summed E-state index contributed by atoms with van der Waals surface area (Å²) in [6, 6.07) is 15.6. The second kappa shape index (κ2) is 8.23. The van der Waals surface area contributed by atoms with E-state index < -0.39 is 0 Å². The lowest BCUT2D eigenvalue weighted by atomic mass is 10.0. The lowest BCUT2D eigenvalue weighted by Crippen LogP contribution is -2.43. The number of rotatable bonds is 6. The summed E-state index contributed by atoms with van der Waals surface area (Å²) < 4.78 is 0. The molecule has 0 aliphatic carbocycles. The van der Waals surface area contributed by atoms with Crippen LogP contribution in [0, 0.1) is 6.92 Å². The molecule has 1 aromatic carbocycles. The van der Waals surface area contributed by atoms with E-state index in [0.717, 1.165) is 13.0 Å². The van der Waals surface area contributed by atoms with Crippen molar-refractivity contribution in [1.29, 1.82) is 0 Å². The first-order valence-electron chi connectivity index (χ1n) is 8.71. The molecule has 122 valence electrons. The van der Waals surface area contributed by atoms with Crippen LogP contribution in [0.15, 0.2) is 48.7 Å². The van der Waals surface area contributed by atoms with E-state index in [-0.39, 0.29) is 0 Å². The highest BCUT2D eigenvalue weighted by Crippen LogP contribution is 2.13. The Hall–Kier alpha value is -1.71. The van der Waals surface area contributed by atoms with Gasteiger partial charge < -0.3 is 10.2 Å². The summed E-state index contributed by atoms with van der Waals surface area (Å²) in [7, 11) is 0. The number of aromatic nitrogens is 1. The second-order valence-electron chi connectivity index (χ2n) is 6.50. The van der Waals surface area contributed by atoms with E-state index in [0.29, 0.717) is 6.04 Å². The molecule has 0 amide bonds. The molecule has 1 fully saturated rings. The molecule has 1 aliphatic heterocycles. The highest BCUT2D eigenvalue weighted by molar-refractivity contribution is 5.17. The quantitative estimate of drug-likeness (QED) is 0.888. The highest BCUT2D eigenvalue weighted by atomic mass is 15.1. The van der Waals surface area contributed by atoms with Crippen LogP contribution >= 0.6 is 0 Å². The van der Waals surface area contributed by atoms with Crippen LogP contribution < -0.4 is 5.32 Å². The minimum atomic E-state index is 0.629. The van der Waals surface area contributed by atoms with Crippen molar-refractivity contribution >= 4 is 0 Å². The first-order chi connectivity index (χ1) is 11.3. The maximum Gasteiger partial charge on any atom is 0.0570 e. The molecule has 3 heteroatoms. The Morgan fingerprint density at radius 2 is 1.87 bits per heavy atom. The van der Waals surface area contributed by atoms with Crippen LogP contribution in [0.3, 0.4) is 0 Å². The molecule has 1 aliphatic rings. The van der Waals surface area contributed by atoms with Crippen molar-refractivity contribution in [3.05, 3.63) is 65.5 Å². The summed E-state index contributed by atoms with van der Waals surface area (Å²) in [6.07, 6.45) is 5.52. The van der Waals surface area contributed by atoms with Gasteiger partial charge in [-0.3, -0.25) is 4.98 Å². The zero-order valence-electron chi connectivity index (χ0n) is 14.0. The Balaban J connectivity index is 1.38. The average molecular weight is 309 g/mol. The molecule has 0 spiro atoms.